The van der Waals surface area contributed by atoms with E-state index in [1.54, 1.807) is 0 Å². The molecule has 0 aromatic carbocycles. The Morgan fingerprint density at radius 1 is 1.60 bits per heavy atom. The van der Waals surface area contributed by atoms with E-state index in [9.17, 15) is 14.4 Å². The molecule has 4 heteroatoms. The van der Waals surface area contributed by atoms with Crippen molar-refractivity contribution in [1.29, 1.82) is 0 Å². The normalized spacial score (nSPS) is 24.7. The molecule has 1 fully saturated rings. The molecular formula is C6H5O4. The number of carbonyl (C=O) groups excluding carboxylic acids is 3. The molecule has 0 aromatic rings. The lowest BCUT2D eigenvalue weighted by molar-refractivity contribution is -0.147. The second kappa shape index (κ2) is 2.21. The Morgan fingerprint density at radius 3 is 2.40 bits per heavy atom. The Kier molecular flexibility index (Phi) is 1.53. The Bertz CT molecular complexity index is 206. The quantitative estimate of drug-likeness (QED) is 0.357. The van der Waals surface area contributed by atoms with Gasteiger partial charge in [0.1, 0.15) is 6.42 Å². The Hall–Kier alpha value is -1.19. The number of hydrogen-bond donors (Lipinski definition) is 0. The number of hydrogen-bond acceptors (Lipinski definition) is 4. The highest BCUT2D eigenvalue weighted by Crippen LogP contribution is 2.08. The standard InChI is InChI=1S/C6H5O4/c1-3(7)6-4(8)2-5(9)10-6/h2,6H,1H3. The molecule has 0 aromatic heterocycles. The lowest BCUT2D eigenvalue weighted by atomic mass is 10.1. The summed E-state index contributed by atoms with van der Waals surface area (Å²) < 4.78 is 4.34. The average Bonchev–Trinajstić information content (AvgIpc) is 2.10. The summed E-state index contributed by atoms with van der Waals surface area (Å²) in [6.07, 6.45) is -0.390. The van der Waals surface area contributed by atoms with Crippen molar-refractivity contribution in [2.75, 3.05) is 0 Å². The number of rotatable bonds is 1. The summed E-state index contributed by atoms with van der Waals surface area (Å²) in [7, 11) is 0. The highest BCUT2D eigenvalue weighted by molar-refractivity contribution is 6.22. The molecule has 1 aliphatic rings. The van der Waals surface area contributed by atoms with Gasteiger partial charge < -0.3 is 4.74 Å². The summed E-state index contributed by atoms with van der Waals surface area (Å²) in [5.41, 5.74) is 0. The number of carbonyl (C=O) groups is 3. The Labute approximate surface area is 57.2 Å². The first-order chi connectivity index (χ1) is 4.61. The Morgan fingerprint density at radius 2 is 2.20 bits per heavy atom. The molecule has 53 valence electrons. The van der Waals surface area contributed by atoms with Crippen molar-refractivity contribution in [2.24, 2.45) is 0 Å². The molecule has 1 aliphatic heterocycles. The fourth-order valence-electron chi connectivity index (χ4n) is 0.683. The molecule has 0 saturated carbocycles. The van der Waals surface area contributed by atoms with Gasteiger partial charge in [-0.25, -0.2) is 0 Å². The first kappa shape index (κ1) is 6.92. The third kappa shape index (κ3) is 1.05. The van der Waals surface area contributed by atoms with Gasteiger partial charge in [0.15, 0.2) is 11.6 Å². The van der Waals surface area contributed by atoms with E-state index in [-0.39, 0.29) is 0 Å². The predicted molar refractivity (Wildman–Crippen MR) is 29.9 cm³/mol. The minimum Gasteiger partial charge on any atom is -0.446 e. The van der Waals surface area contributed by atoms with Gasteiger partial charge in [0.05, 0.1) is 0 Å². The maximum atomic E-state index is 10.6. The number of ether oxygens (including phenoxy) is 1. The zero-order chi connectivity index (χ0) is 7.72. The average molecular weight is 141 g/mol. The van der Waals surface area contributed by atoms with Gasteiger partial charge in [-0.1, -0.05) is 0 Å². The highest BCUT2D eigenvalue weighted by atomic mass is 16.6. The molecule has 0 aliphatic carbocycles. The number of ketones is 2. The van der Waals surface area contributed by atoms with Crippen LogP contribution in [-0.2, 0) is 19.1 Å². The zero-order valence-electron chi connectivity index (χ0n) is 5.29. The smallest absolute Gasteiger partial charge is 0.319 e. The summed E-state index contributed by atoms with van der Waals surface area (Å²) in [5.74, 6) is -1.73. The summed E-state index contributed by atoms with van der Waals surface area (Å²) in [5, 5.41) is 0. The molecule has 1 saturated heterocycles. The Balaban J connectivity index is 2.72. The van der Waals surface area contributed by atoms with Gasteiger partial charge in [-0.05, 0) is 6.92 Å². The van der Waals surface area contributed by atoms with Crippen molar-refractivity contribution in [1.82, 2.24) is 0 Å². The molecule has 0 N–H and O–H groups in total. The van der Waals surface area contributed by atoms with Crippen LogP contribution in [0.5, 0.6) is 0 Å². The molecule has 0 amide bonds. The molecule has 1 atom stereocenters. The second-order valence-corrected chi connectivity index (χ2v) is 1.97. The van der Waals surface area contributed by atoms with Gasteiger partial charge in [-0.3, -0.25) is 14.4 Å². The molecule has 1 radical (unpaired) electrons. The second-order valence-electron chi connectivity index (χ2n) is 1.97. The van der Waals surface area contributed by atoms with Crippen molar-refractivity contribution in [3.63, 3.8) is 0 Å². The molecule has 4 nitrogen and oxygen atoms in total. The van der Waals surface area contributed by atoms with Crippen LogP contribution in [0.15, 0.2) is 0 Å². The number of esters is 1. The van der Waals surface area contributed by atoms with Crippen LogP contribution in [0.1, 0.15) is 6.92 Å². The minimum absolute atomic E-state index is 0.438. The van der Waals surface area contributed by atoms with Crippen LogP contribution < -0.4 is 0 Å². The molecule has 0 bridgehead atoms. The molecule has 0 spiro atoms. The fraction of sp³-hybridized carbons (Fsp3) is 0.333. The number of Topliss-reactive ketones (excluding diaryl/α,β-unsaturated/α-hetero) is 2. The monoisotopic (exact) mass is 141 g/mol. The van der Waals surface area contributed by atoms with E-state index in [0.717, 1.165) is 6.42 Å². The van der Waals surface area contributed by atoms with Crippen molar-refractivity contribution in [3.05, 3.63) is 6.42 Å². The molecular weight excluding hydrogens is 136 g/mol. The largest absolute Gasteiger partial charge is 0.446 e. The van der Waals surface area contributed by atoms with Gasteiger partial charge in [-0.15, -0.1) is 0 Å². The minimum atomic E-state index is -1.17. The predicted octanol–water partition coefficient (Wildman–Crippen LogP) is -0.726. The zero-order valence-corrected chi connectivity index (χ0v) is 5.29. The lowest BCUT2D eigenvalue weighted by Gasteiger charge is -1.99. The first-order valence-electron chi connectivity index (χ1n) is 2.71. The van der Waals surface area contributed by atoms with Crippen molar-refractivity contribution >= 4 is 17.5 Å². The van der Waals surface area contributed by atoms with Crippen LogP contribution >= 0.6 is 0 Å². The first-order valence-corrected chi connectivity index (χ1v) is 2.71. The van der Waals surface area contributed by atoms with Gasteiger partial charge in [0.2, 0.25) is 6.10 Å². The maximum absolute atomic E-state index is 10.6. The van der Waals surface area contributed by atoms with Gasteiger partial charge in [-0.2, -0.15) is 0 Å². The van der Waals surface area contributed by atoms with E-state index in [2.05, 4.69) is 4.74 Å². The fourth-order valence-corrected chi connectivity index (χ4v) is 0.683. The SMILES string of the molecule is CC(=O)C1OC(=O)[CH]C1=O. The van der Waals surface area contributed by atoms with E-state index >= 15 is 0 Å². The van der Waals surface area contributed by atoms with Crippen molar-refractivity contribution in [2.45, 2.75) is 13.0 Å². The number of cyclic esters (lactones) is 1. The molecule has 1 rings (SSSR count). The molecule has 10 heavy (non-hydrogen) atoms. The topological polar surface area (TPSA) is 60.4 Å². The summed E-state index contributed by atoms with van der Waals surface area (Å²) in [4.78, 5) is 31.4. The third-order valence-corrected chi connectivity index (χ3v) is 1.12. The van der Waals surface area contributed by atoms with E-state index in [4.69, 9.17) is 0 Å². The lowest BCUT2D eigenvalue weighted by Crippen LogP contribution is -2.24. The van der Waals surface area contributed by atoms with E-state index in [0.29, 0.717) is 0 Å². The highest BCUT2D eigenvalue weighted by Gasteiger charge is 2.36. The van der Waals surface area contributed by atoms with Crippen LogP contribution in [0.4, 0.5) is 0 Å². The van der Waals surface area contributed by atoms with Crippen molar-refractivity contribution < 1.29 is 19.1 Å². The van der Waals surface area contributed by atoms with Crippen LogP contribution in [0.25, 0.3) is 0 Å². The molecule has 1 unspecified atom stereocenters. The maximum Gasteiger partial charge on any atom is 0.319 e. The van der Waals surface area contributed by atoms with E-state index in [1.165, 1.54) is 6.92 Å². The van der Waals surface area contributed by atoms with Gasteiger partial charge in [0.25, 0.3) is 0 Å². The van der Waals surface area contributed by atoms with Crippen molar-refractivity contribution in [3.8, 4) is 0 Å². The van der Waals surface area contributed by atoms with Gasteiger partial charge >= 0.3 is 5.97 Å². The van der Waals surface area contributed by atoms with Crippen LogP contribution in [0.3, 0.4) is 0 Å². The van der Waals surface area contributed by atoms with E-state index in [1.807, 2.05) is 0 Å². The van der Waals surface area contributed by atoms with E-state index < -0.39 is 23.6 Å². The van der Waals surface area contributed by atoms with Crippen LogP contribution in [0, 0.1) is 6.42 Å². The van der Waals surface area contributed by atoms with Gasteiger partial charge in [0, 0.05) is 0 Å². The summed E-state index contributed by atoms with van der Waals surface area (Å²) in [6.45, 7) is 1.20. The van der Waals surface area contributed by atoms with Crippen LogP contribution in [0.2, 0.25) is 0 Å². The summed E-state index contributed by atoms with van der Waals surface area (Å²) in [6, 6.07) is 0. The molecule has 1 heterocycles. The van der Waals surface area contributed by atoms with Crippen LogP contribution in [-0.4, -0.2) is 23.6 Å². The third-order valence-electron chi connectivity index (χ3n) is 1.12. The summed E-state index contributed by atoms with van der Waals surface area (Å²) >= 11 is 0.